The zero-order valence-corrected chi connectivity index (χ0v) is 72.7. The molecule has 6 aromatic heterocycles. The molecule has 0 unspecified atom stereocenters. The van der Waals surface area contributed by atoms with E-state index < -0.39 is 0 Å². The van der Waals surface area contributed by atoms with Crippen LogP contribution < -0.4 is 14.2 Å². The summed E-state index contributed by atoms with van der Waals surface area (Å²) in [5.74, 6) is 6.73. The third-order valence-corrected chi connectivity index (χ3v) is 25.7. The number of nitrogens with zero attached hydrogens (tertiary/aromatic N) is 8. The minimum Gasteiger partial charge on any atom is -0.456 e. The second kappa shape index (κ2) is 33.6. The number of benzene rings is 18. The number of hydrogen-bond acceptors (Lipinski definition) is 11. The summed E-state index contributed by atoms with van der Waals surface area (Å²) >= 11 is 0. The average molecular weight is 1730 g/mol. The number of ether oxygens (including phenoxy) is 3. The van der Waals surface area contributed by atoms with Gasteiger partial charge in [-0.1, -0.05) is 322 Å². The molecule has 0 saturated heterocycles. The summed E-state index contributed by atoms with van der Waals surface area (Å²) in [5, 5.41) is 11.2. The van der Waals surface area contributed by atoms with E-state index >= 15 is 0 Å². The summed E-state index contributed by atoms with van der Waals surface area (Å²) in [7, 11) is 0. The number of rotatable bonds is 12. The fraction of sp³-hybridized carbons (Fsp3) is 0. The van der Waals surface area contributed by atoms with Crippen LogP contribution >= 0.6 is 0 Å². The van der Waals surface area contributed by atoms with Gasteiger partial charge >= 0.3 is 0 Å². The second-order valence-corrected chi connectivity index (χ2v) is 34.0. The van der Waals surface area contributed by atoms with E-state index in [2.05, 4.69) is 297 Å². The standard InChI is InChI=1S/C42H26N2O.2C41H25N3O/c1-3-10-27(11-4-1)38-24-30(25-39(44-38)28-12-5-2-6-13-28)29-18-20-37-31(22-29)23-32(26-43-37)33-19-21-41-42-35(33)15-9-16-36(42)34-14-7-8-17-40(34)45-41;1-3-10-26(11-4-1)35-24-36(44-41(43-35)27-12-5-2-6-13-27)29-19-18-28-23-37(42-25-30(28)22-29)31-20-21-39-40-33(31)15-9-16-34(40)32-14-7-8-17-38(32)45-39;1-3-10-26(11-4-1)36-24-37(44-41(43-36)27-12-5-2-6-13-27)29-19-18-28-22-30(25-42-35(28)23-29)31-20-21-39-40-33(31)15-9-16-34(40)32-14-7-8-17-38(32)45-39/h1-26H;2*1-25H. The van der Waals surface area contributed by atoms with E-state index in [0.29, 0.717) is 11.6 Å². The Kier molecular flexibility index (Phi) is 19.7. The van der Waals surface area contributed by atoms with Gasteiger partial charge < -0.3 is 14.2 Å². The molecule has 0 radical (unpaired) electrons. The molecule has 0 amide bonds. The molecule has 0 aliphatic carbocycles. The molecule has 9 heterocycles. The summed E-state index contributed by atoms with van der Waals surface area (Å²) in [6.45, 7) is 0. The Balaban J connectivity index is 0.000000108. The Morgan fingerprint density at radius 1 is 0.148 bits per heavy atom. The van der Waals surface area contributed by atoms with Crippen LogP contribution in [0.5, 0.6) is 34.5 Å². The fourth-order valence-corrected chi connectivity index (χ4v) is 19.2. The van der Waals surface area contributed by atoms with E-state index in [1.807, 2.05) is 164 Å². The van der Waals surface area contributed by atoms with Crippen LogP contribution in [0.3, 0.4) is 0 Å². The molecule has 27 rings (SSSR count). The van der Waals surface area contributed by atoms with Crippen molar-refractivity contribution >= 4 is 64.9 Å². The van der Waals surface area contributed by atoms with Crippen molar-refractivity contribution in [2.24, 2.45) is 0 Å². The largest absolute Gasteiger partial charge is 0.456 e. The smallest absolute Gasteiger partial charge is 0.160 e. The van der Waals surface area contributed by atoms with Gasteiger partial charge in [-0.3, -0.25) is 15.0 Å². The lowest BCUT2D eigenvalue weighted by molar-refractivity contribution is 0.487. The molecular formula is C124H76N8O3. The molecule has 0 bridgehead atoms. The first-order valence-electron chi connectivity index (χ1n) is 45.2. The third kappa shape index (κ3) is 14.8. The first-order valence-corrected chi connectivity index (χ1v) is 45.2. The van der Waals surface area contributed by atoms with Crippen molar-refractivity contribution in [3.63, 3.8) is 0 Å². The Hall–Kier alpha value is -18.3. The van der Waals surface area contributed by atoms with E-state index in [1.165, 1.54) is 16.7 Å². The molecule has 630 valence electrons. The van der Waals surface area contributed by atoms with Crippen molar-refractivity contribution in [2.45, 2.75) is 0 Å². The van der Waals surface area contributed by atoms with Gasteiger partial charge in [0.2, 0.25) is 0 Å². The number of fused-ring (bicyclic) bond motifs is 9. The lowest BCUT2D eigenvalue weighted by Gasteiger charge is -2.22. The number of para-hydroxylation sites is 3. The normalized spacial score (nSPS) is 11.7. The van der Waals surface area contributed by atoms with Gasteiger partial charge in [0.25, 0.3) is 0 Å². The summed E-state index contributed by atoms with van der Waals surface area (Å²) in [4.78, 5) is 39.8. The maximum atomic E-state index is 6.34. The minimum atomic E-state index is 0.699. The van der Waals surface area contributed by atoms with Crippen LogP contribution in [-0.4, -0.2) is 39.9 Å². The van der Waals surface area contributed by atoms with E-state index in [9.17, 15) is 0 Å². The molecule has 18 aromatic carbocycles. The van der Waals surface area contributed by atoms with E-state index in [4.69, 9.17) is 54.1 Å². The van der Waals surface area contributed by atoms with Gasteiger partial charge in [0.15, 0.2) is 11.6 Å². The Labute approximate surface area is 778 Å². The first-order chi connectivity index (χ1) is 66.8. The van der Waals surface area contributed by atoms with Crippen LogP contribution in [-0.2, 0) is 0 Å². The maximum absolute atomic E-state index is 6.34. The van der Waals surface area contributed by atoms with E-state index in [-0.39, 0.29) is 0 Å². The van der Waals surface area contributed by atoms with Crippen LogP contribution in [0.1, 0.15) is 0 Å². The zero-order chi connectivity index (χ0) is 89.2. The van der Waals surface area contributed by atoms with Gasteiger partial charge in [0.05, 0.1) is 50.9 Å². The molecule has 0 N–H and O–H groups in total. The minimum absolute atomic E-state index is 0.699. The van der Waals surface area contributed by atoms with Gasteiger partial charge in [-0.25, -0.2) is 24.9 Å². The van der Waals surface area contributed by atoms with Gasteiger partial charge in [0, 0.05) is 129 Å². The lowest BCUT2D eigenvalue weighted by atomic mass is 9.90. The molecule has 0 saturated carbocycles. The van der Waals surface area contributed by atoms with Gasteiger partial charge in [0.1, 0.15) is 34.5 Å². The molecule has 3 aliphatic heterocycles. The fourth-order valence-electron chi connectivity index (χ4n) is 19.2. The maximum Gasteiger partial charge on any atom is 0.160 e. The third-order valence-electron chi connectivity index (χ3n) is 25.7. The van der Waals surface area contributed by atoms with Crippen molar-refractivity contribution in [2.75, 3.05) is 0 Å². The van der Waals surface area contributed by atoms with Crippen molar-refractivity contribution in [1.29, 1.82) is 0 Å². The molecule has 11 heteroatoms. The molecule has 24 aromatic rings. The Morgan fingerprint density at radius 2 is 0.496 bits per heavy atom. The summed E-state index contributed by atoms with van der Waals surface area (Å²) < 4.78 is 19.0. The monoisotopic (exact) mass is 1720 g/mol. The Bertz CT molecular complexity index is 8320. The molecule has 0 spiro atoms. The van der Waals surface area contributed by atoms with Crippen LogP contribution in [0, 0.1) is 0 Å². The molecule has 3 aliphatic rings. The number of hydrogen-bond donors (Lipinski definition) is 0. The molecule has 11 nitrogen and oxygen atoms in total. The van der Waals surface area contributed by atoms with Crippen LogP contribution in [0.15, 0.2) is 461 Å². The van der Waals surface area contributed by atoms with E-state index in [1.54, 1.807) is 0 Å². The lowest BCUT2D eigenvalue weighted by Crippen LogP contribution is -1.98. The highest BCUT2D eigenvalue weighted by atomic mass is 16.5. The van der Waals surface area contributed by atoms with Gasteiger partial charge in [-0.15, -0.1) is 0 Å². The van der Waals surface area contributed by atoms with Crippen molar-refractivity contribution < 1.29 is 14.2 Å². The van der Waals surface area contributed by atoms with Crippen LogP contribution in [0.2, 0.25) is 0 Å². The van der Waals surface area contributed by atoms with Crippen LogP contribution in [0.25, 0.3) is 233 Å². The molecule has 0 fully saturated rings. The molecular weight excluding hydrogens is 1650 g/mol. The number of pyridine rings is 4. The highest BCUT2D eigenvalue weighted by molar-refractivity contribution is 6.14. The summed E-state index contributed by atoms with van der Waals surface area (Å²) in [6.07, 6.45) is 5.92. The van der Waals surface area contributed by atoms with Crippen molar-refractivity contribution in [3.8, 4) is 203 Å². The highest BCUT2D eigenvalue weighted by Crippen LogP contribution is 2.53. The second-order valence-electron chi connectivity index (χ2n) is 34.0. The van der Waals surface area contributed by atoms with E-state index in [0.717, 1.165) is 239 Å². The molecule has 135 heavy (non-hydrogen) atoms. The van der Waals surface area contributed by atoms with Crippen molar-refractivity contribution in [3.05, 3.63) is 461 Å². The van der Waals surface area contributed by atoms with Gasteiger partial charge in [-0.05, 0) is 182 Å². The average Bonchev–Trinajstić information content (AvgIpc) is 0.742. The summed E-state index contributed by atoms with van der Waals surface area (Å²) in [5.41, 5.74) is 31.2. The zero-order valence-electron chi connectivity index (χ0n) is 72.7. The summed E-state index contributed by atoms with van der Waals surface area (Å²) in [6, 6.07) is 153. The van der Waals surface area contributed by atoms with Gasteiger partial charge in [-0.2, -0.15) is 0 Å². The van der Waals surface area contributed by atoms with Crippen LogP contribution in [0.4, 0.5) is 0 Å². The predicted molar refractivity (Wildman–Crippen MR) is 548 cm³/mol. The predicted octanol–water partition coefficient (Wildman–Crippen LogP) is 32.5. The van der Waals surface area contributed by atoms with Crippen molar-refractivity contribution in [1.82, 2.24) is 39.9 Å². The topological polar surface area (TPSA) is 131 Å². The number of aromatic nitrogens is 8. The Morgan fingerprint density at radius 3 is 0.956 bits per heavy atom. The first kappa shape index (κ1) is 78.9. The quantitative estimate of drug-likeness (QED) is 0.116. The highest BCUT2D eigenvalue weighted by Gasteiger charge is 2.27. The molecule has 0 atom stereocenters. The SMILES string of the molecule is c1ccc(-c2cc(-c3ccc4cc(-c5ccc6c7c(cccc57)-c5ccccc5O6)cnc4c3)nc(-c3ccccc3)n2)cc1.c1ccc(-c2cc(-c3ccc4cc(-c5ccc6c7c(cccc57)-c5ccccc5O6)ncc4c3)nc(-c3ccccc3)n2)cc1.c1ccc(-c2cc(-c3ccc4ncc(-c5ccc6c7c(cccc57)-c5ccccc5O6)cc4c3)cc(-c3ccccc3)n2)cc1.